The highest BCUT2D eigenvalue weighted by atomic mass is 35.5. The summed E-state index contributed by atoms with van der Waals surface area (Å²) in [6.07, 6.45) is 2.63. The molecule has 26 heavy (non-hydrogen) atoms. The number of amides is 1. The van der Waals surface area contributed by atoms with E-state index in [1.807, 2.05) is 0 Å². The number of nitro benzene ring substituents is 1. The van der Waals surface area contributed by atoms with Gasteiger partial charge in [-0.25, -0.2) is 10.4 Å². The maximum Gasteiger partial charge on any atom is 0.271 e. The molecule has 0 aliphatic heterocycles. The van der Waals surface area contributed by atoms with Gasteiger partial charge in [0.15, 0.2) is 0 Å². The first kappa shape index (κ1) is 17.2. The largest absolute Gasteiger partial charge is 0.271 e. The molecule has 0 aliphatic rings. The van der Waals surface area contributed by atoms with Crippen molar-refractivity contribution in [2.75, 3.05) is 0 Å². The van der Waals surface area contributed by atoms with Crippen LogP contribution in [0.5, 0.6) is 0 Å². The van der Waals surface area contributed by atoms with E-state index in [1.165, 1.54) is 34.9 Å². The van der Waals surface area contributed by atoms with Gasteiger partial charge in [-0.15, -0.1) is 0 Å². The third-order valence-corrected chi connectivity index (χ3v) is 3.71. The van der Waals surface area contributed by atoms with Gasteiger partial charge in [-0.3, -0.25) is 24.1 Å². The number of carbonyl (C=O) groups excluding carboxylic acids is 1. The third-order valence-electron chi connectivity index (χ3n) is 3.42. The zero-order chi connectivity index (χ0) is 18.7. The minimum atomic E-state index is -0.596. The Hall–Kier alpha value is -3.59. The molecule has 0 atom stereocenters. The van der Waals surface area contributed by atoms with Crippen molar-refractivity contribution in [3.8, 4) is 0 Å². The molecular formula is C16H10ClN5O4. The van der Waals surface area contributed by atoms with Gasteiger partial charge < -0.3 is 0 Å². The van der Waals surface area contributed by atoms with E-state index in [1.54, 1.807) is 18.2 Å². The third kappa shape index (κ3) is 3.42. The number of hydrogen-bond acceptors (Lipinski definition) is 6. The number of nitro groups is 1. The molecule has 0 saturated heterocycles. The number of halogens is 1. The molecule has 0 saturated carbocycles. The molecule has 0 bridgehead atoms. The number of nitrogens with zero attached hydrogens (tertiary/aromatic N) is 4. The second kappa shape index (κ2) is 7.11. The zero-order valence-corrected chi connectivity index (χ0v) is 13.8. The molecule has 1 N–H and O–H groups in total. The van der Waals surface area contributed by atoms with Gasteiger partial charge in [0.25, 0.3) is 17.2 Å². The van der Waals surface area contributed by atoms with Crippen LogP contribution in [0.1, 0.15) is 15.9 Å². The number of hydrogen-bond donors (Lipinski definition) is 1. The number of rotatable bonds is 4. The number of carbonyl (C=O) groups is 1. The number of hydrazone groups is 1. The van der Waals surface area contributed by atoms with Gasteiger partial charge in [0.2, 0.25) is 0 Å². The number of fused-ring (bicyclic) bond motifs is 1. The standard InChI is InChI=1S/C16H10ClN5O4/c17-14-12(16(24)21-8-2-1-3-13(21)19-14)9-18-20-15(23)10-4-6-11(7-5-10)22(25)26/h1-9H,(H,20,23)/b18-9+. The van der Waals surface area contributed by atoms with Crippen LogP contribution in [0, 0.1) is 10.1 Å². The number of aromatic nitrogens is 2. The van der Waals surface area contributed by atoms with E-state index in [-0.39, 0.29) is 22.0 Å². The lowest BCUT2D eigenvalue weighted by Crippen LogP contribution is -2.22. The van der Waals surface area contributed by atoms with E-state index in [0.717, 1.165) is 6.21 Å². The van der Waals surface area contributed by atoms with Crippen molar-refractivity contribution in [2.24, 2.45) is 5.10 Å². The average molecular weight is 372 g/mol. The van der Waals surface area contributed by atoms with Crippen LogP contribution in [-0.2, 0) is 0 Å². The summed E-state index contributed by atoms with van der Waals surface area (Å²) in [5, 5.41) is 14.3. The molecule has 10 heteroatoms. The normalized spacial score (nSPS) is 11.0. The van der Waals surface area contributed by atoms with Gasteiger partial charge in [0.1, 0.15) is 10.8 Å². The van der Waals surface area contributed by atoms with Gasteiger partial charge >= 0.3 is 0 Å². The smallest absolute Gasteiger partial charge is 0.268 e. The fraction of sp³-hybridized carbons (Fsp3) is 0. The molecule has 1 amide bonds. The Labute approximate surface area is 150 Å². The van der Waals surface area contributed by atoms with E-state index in [9.17, 15) is 19.7 Å². The number of nitrogens with one attached hydrogen (secondary N) is 1. The predicted molar refractivity (Wildman–Crippen MR) is 94.6 cm³/mol. The lowest BCUT2D eigenvalue weighted by molar-refractivity contribution is -0.384. The first-order valence-electron chi connectivity index (χ1n) is 7.22. The Morgan fingerprint density at radius 1 is 1.27 bits per heavy atom. The van der Waals surface area contributed by atoms with Crippen LogP contribution >= 0.6 is 11.6 Å². The molecule has 9 nitrogen and oxygen atoms in total. The fourth-order valence-corrected chi connectivity index (χ4v) is 2.35. The van der Waals surface area contributed by atoms with Crippen LogP contribution in [0.25, 0.3) is 5.65 Å². The summed E-state index contributed by atoms with van der Waals surface area (Å²) in [6, 6.07) is 10.0. The van der Waals surface area contributed by atoms with Crippen LogP contribution in [-0.4, -0.2) is 26.4 Å². The minimum Gasteiger partial charge on any atom is -0.268 e. The van der Waals surface area contributed by atoms with Gasteiger partial charge in [0, 0.05) is 23.9 Å². The van der Waals surface area contributed by atoms with Gasteiger partial charge in [-0.2, -0.15) is 5.10 Å². The summed E-state index contributed by atoms with van der Waals surface area (Å²) in [4.78, 5) is 38.4. The van der Waals surface area contributed by atoms with Crippen LogP contribution < -0.4 is 11.0 Å². The summed E-state index contributed by atoms with van der Waals surface area (Å²) >= 11 is 6.00. The van der Waals surface area contributed by atoms with Crippen molar-refractivity contribution in [3.63, 3.8) is 0 Å². The van der Waals surface area contributed by atoms with Crippen LogP contribution in [0.2, 0.25) is 5.15 Å². The SMILES string of the molecule is O=C(N/N=C/c1c(Cl)nc2ccccn2c1=O)c1ccc([N+](=O)[O-])cc1. The highest BCUT2D eigenvalue weighted by Gasteiger charge is 2.10. The van der Waals surface area contributed by atoms with Crippen molar-refractivity contribution >= 4 is 35.1 Å². The fourth-order valence-electron chi connectivity index (χ4n) is 2.14. The molecule has 0 unspecified atom stereocenters. The molecule has 0 aliphatic carbocycles. The molecular weight excluding hydrogens is 362 g/mol. The molecule has 3 aromatic rings. The molecule has 0 radical (unpaired) electrons. The molecule has 3 rings (SSSR count). The van der Waals surface area contributed by atoms with Crippen molar-refractivity contribution < 1.29 is 9.72 Å². The Morgan fingerprint density at radius 3 is 2.69 bits per heavy atom. The molecule has 2 heterocycles. The van der Waals surface area contributed by atoms with E-state index in [4.69, 9.17) is 11.6 Å². The van der Waals surface area contributed by atoms with Gasteiger partial charge in [-0.1, -0.05) is 17.7 Å². The maximum atomic E-state index is 12.4. The van der Waals surface area contributed by atoms with E-state index >= 15 is 0 Å². The van der Waals surface area contributed by atoms with Crippen LogP contribution in [0.15, 0.2) is 58.6 Å². The molecule has 1 aromatic carbocycles. The summed E-state index contributed by atoms with van der Waals surface area (Å²) in [7, 11) is 0. The zero-order valence-electron chi connectivity index (χ0n) is 13.0. The quantitative estimate of drug-likeness (QED) is 0.325. The second-order valence-electron chi connectivity index (χ2n) is 5.05. The average Bonchev–Trinajstić information content (AvgIpc) is 2.64. The predicted octanol–water partition coefficient (Wildman–Crippen LogP) is 2.02. The minimum absolute atomic E-state index is 0.0133. The summed E-state index contributed by atoms with van der Waals surface area (Å²) in [6.45, 7) is 0. The van der Waals surface area contributed by atoms with Crippen LogP contribution in [0.4, 0.5) is 5.69 Å². The Balaban J connectivity index is 1.80. The Morgan fingerprint density at radius 2 is 2.00 bits per heavy atom. The van der Waals surface area contributed by atoms with Crippen molar-refractivity contribution in [3.05, 3.63) is 85.4 Å². The lowest BCUT2D eigenvalue weighted by atomic mass is 10.2. The van der Waals surface area contributed by atoms with Crippen LogP contribution in [0.3, 0.4) is 0 Å². The Bertz CT molecular complexity index is 1090. The first-order valence-corrected chi connectivity index (χ1v) is 7.60. The second-order valence-corrected chi connectivity index (χ2v) is 5.41. The molecule has 2 aromatic heterocycles. The summed E-state index contributed by atoms with van der Waals surface area (Å²) < 4.78 is 1.30. The van der Waals surface area contributed by atoms with Crippen molar-refractivity contribution in [2.45, 2.75) is 0 Å². The number of non-ortho nitro benzene ring substituents is 1. The molecule has 130 valence electrons. The highest BCUT2D eigenvalue weighted by Crippen LogP contribution is 2.12. The topological polar surface area (TPSA) is 119 Å². The highest BCUT2D eigenvalue weighted by molar-refractivity contribution is 6.32. The summed E-state index contributed by atoms with van der Waals surface area (Å²) in [5.41, 5.74) is 2.23. The Kier molecular flexibility index (Phi) is 4.72. The van der Waals surface area contributed by atoms with Crippen molar-refractivity contribution in [1.82, 2.24) is 14.8 Å². The maximum absolute atomic E-state index is 12.4. The van der Waals surface area contributed by atoms with Gasteiger partial charge in [0.05, 0.1) is 16.7 Å². The number of pyridine rings is 1. The van der Waals surface area contributed by atoms with Gasteiger partial charge in [-0.05, 0) is 24.3 Å². The monoisotopic (exact) mass is 371 g/mol. The first-order chi connectivity index (χ1) is 12.5. The van der Waals surface area contributed by atoms with E-state index in [0.29, 0.717) is 5.65 Å². The number of benzene rings is 1. The molecule has 0 spiro atoms. The summed E-state index contributed by atoms with van der Waals surface area (Å²) in [5.74, 6) is -0.596. The lowest BCUT2D eigenvalue weighted by Gasteiger charge is -2.03. The van der Waals surface area contributed by atoms with E-state index < -0.39 is 16.4 Å². The molecule has 0 fully saturated rings. The van der Waals surface area contributed by atoms with Crippen molar-refractivity contribution in [1.29, 1.82) is 0 Å². The van der Waals surface area contributed by atoms with E-state index in [2.05, 4.69) is 15.5 Å².